The van der Waals surface area contributed by atoms with Crippen molar-refractivity contribution < 1.29 is 4.79 Å². The number of benzene rings is 3. The first-order valence-electron chi connectivity index (χ1n) is 13.8. The van der Waals surface area contributed by atoms with Gasteiger partial charge in [0.05, 0.1) is 5.69 Å². The van der Waals surface area contributed by atoms with Crippen LogP contribution in [0.2, 0.25) is 0 Å². The van der Waals surface area contributed by atoms with Crippen molar-refractivity contribution in [2.24, 2.45) is 0 Å². The molecule has 2 aromatic heterocycles. The zero-order valence-corrected chi connectivity index (χ0v) is 24.2. The van der Waals surface area contributed by atoms with Crippen LogP contribution in [0, 0.1) is 22.7 Å². The van der Waals surface area contributed by atoms with Crippen LogP contribution in [0.3, 0.4) is 0 Å². The maximum Gasteiger partial charge on any atom is 0.234 e. The summed E-state index contributed by atoms with van der Waals surface area (Å²) in [6.07, 6.45) is 3.70. The topological polar surface area (TPSA) is 93.7 Å². The maximum absolute atomic E-state index is 13.4. The molecule has 5 aromatic rings. The van der Waals surface area contributed by atoms with E-state index in [1.807, 2.05) is 91.1 Å². The Hall–Kier alpha value is -5.63. The average Bonchev–Trinajstić information content (AvgIpc) is 3.65. The van der Waals surface area contributed by atoms with Crippen molar-refractivity contribution in [3.05, 3.63) is 136 Å². The van der Waals surface area contributed by atoms with Crippen LogP contribution in [0.25, 0.3) is 22.1 Å². The third kappa shape index (κ3) is 4.10. The van der Waals surface area contributed by atoms with Crippen molar-refractivity contribution in [1.82, 2.24) is 9.97 Å². The fraction of sp³-hybridized carbons (Fsp3) is 0.0833. The Morgan fingerprint density at radius 2 is 1.47 bits per heavy atom. The monoisotopic (exact) mass is 573 g/mol. The van der Waals surface area contributed by atoms with Crippen molar-refractivity contribution in [3.8, 4) is 22.6 Å². The number of hydrogen-bond donors (Lipinski definition) is 0. The second kappa shape index (κ2) is 10.0. The Labute approximate surface area is 253 Å². The lowest BCUT2D eigenvalue weighted by Crippen LogP contribution is -2.20. The fourth-order valence-corrected chi connectivity index (χ4v) is 7.19. The van der Waals surface area contributed by atoms with Gasteiger partial charge < -0.3 is 0 Å². The second-order valence-electron chi connectivity index (χ2n) is 10.9. The van der Waals surface area contributed by atoms with Gasteiger partial charge in [-0.3, -0.25) is 9.69 Å². The first kappa shape index (κ1) is 26.3. The molecule has 0 fully saturated rings. The first-order chi connectivity index (χ1) is 20.9. The Kier molecular flexibility index (Phi) is 6.13. The predicted octanol–water partition coefficient (Wildman–Crippen LogP) is 8.39. The number of nitrogens with zero attached hydrogens (tertiary/aromatic N) is 5. The zero-order chi connectivity index (χ0) is 29.7. The second-order valence-corrected chi connectivity index (χ2v) is 11.9. The van der Waals surface area contributed by atoms with Crippen molar-refractivity contribution in [1.29, 1.82) is 10.5 Å². The molecule has 2 aliphatic rings. The predicted molar refractivity (Wildman–Crippen MR) is 169 cm³/mol. The number of aromatic nitrogens is 2. The molecule has 0 radical (unpaired) electrons. The van der Waals surface area contributed by atoms with Gasteiger partial charge in [0.15, 0.2) is 5.78 Å². The number of carbonyl (C=O) groups is 1. The smallest absolute Gasteiger partial charge is 0.234 e. The van der Waals surface area contributed by atoms with Gasteiger partial charge in [0.25, 0.3) is 0 Å². The molecule has 0 saturated heterocycles. The SMILES string of the molecule is CC1(C)c2cc(/C=C3\C(=O)c4ccccc4C3=C(C#N)C#N)sc2-c2cnc(N(c3ccccc3)c3ccccc3)nc21. The molecule has 2 aliphatic carbocycles. The molecule has 0 spiro atoms. The summed E-state index contributed by atoms with van der Waals surface area (Å²) in [6, 6.07) is 33.3. The van der Waals surface area contributed by atoms with Crippen LogP contribution < -0.4 is 4.90 Å². The van der Waals surface area contributed by atoms with E-state index in [4.69, 9.17) is 9.97 Å². The van der Waals surface area contributed by atoms with Crippen molar-refractivity contribution in [3.63, 3.8) is 0 Å². The summed E-state index contributed by atoms with van der Waals surface area (Å²) in [4.78, 5) is 27.4. The van der Waals surface area contributed by atoms with Crippen LogP contribution in [0.4, 0.5) is 17.3 Å². The minimum Gasteiger partial charge on any atom is -0.289 e. The number of thiophene rings is 1. The number of fused-ring (bicyclic) bond motifs is 4. The van der Waals surface area contributed by atoms with Gasteiger partial charge in [0, 0.05) is 55.0 Å². The third-order valence-electron chi connectivity index (χ3n) is 7.98. The van der Waals surface area contributed by atoms with Crippen molar-refractivity contribution in [2.45, 2.75) is 19.3 Å². The van der Waals surface area contributed by atoms with Crippen molar-refractivity contribution in [2.75, 3.05) is 4.90 Å². The summed E-state index contributed by atoms with van der Waals surface area (Å²) in [5.74, 6) is 0.406. The van der Waals surface area contributed by atoms with Crippen LogP contribution in [0.15, 0.2) is 108 Å². The Balaban J connectivity index is 1.33. The van der Waals surface area contributed by atoms with Gasteiger partial charge >= 0.3 is 0 Å². The Bertz CT molecular complexity index is 2040. The van der Waals surface area contributed by atoms with Crippen molar-refractivity contribution >= 4 is 46.1 Å². The summed E-state index contributed by atoms with van der Waals surface area (Å²) in [5, 5.41) is 19.4. The molecule has 7 rings (SSSR count). The van der Waals surface area contributed by atoms with Crippen LogP contribution in [0.5, 0.6) is 0 Å². The van der Waals surface area contributed by atoms with Crippen LogP contribution in [0.1, 0.15) is 45.9 Å². The minimum absolute atomic E-state index is 0.0679. The van der Waals surface area contributed by atoms with Gasteiger partial charge in [0.2, 0.25) is 5.95 Å². The number of nitriles is 2. The average molecular weight is 574 g/mol. The van der Waals surface area contributed by atoms with E-state index in [1.54, 1.807) is 29.5 Å². The zero-order valence-electron chi connectivity index (χ0n) is 23.4. The van der Waals surface area contributed by atoms with Gasteiger partial charge in [0.1, 0.15) is 17.7 Å². The molecule has 0 N–H and O–H groups in total. The van der Waals surface area contributed by atoms with Gasteiger partial charge in [-0.25, -0.2) is 9.97 Å². The van der Waals surface area contributed by atoms with Crippen LogP contribution in [-0.2, 0) is 5.41 Å². The molecule has 6 nitrogen and oxygen atoms in total. The molecular formula is C36H23N5OS. The lowest BCUT2D eigenvalue weighted by Gasteiger charge is -2.25. The normalized spacial score (nSPS) is 14.9. The van der Waals surface area contributed by atoms with E-state index in [0.717, 1.165) is 37.9 Å². The highest BCUT2D eigenvalue weighted by atomic mass is 32.1. The molecule has 2 heterocycles. The maximum atomic E-state index is 13.4. The quantitative estimate of drug-likeness (QED) is 0.158. The third-order valence-corrected chi connectivity index (χ3v) is 9.10. The van der Waals surface area contributed by atoms with E-state index < -0.39 is 5.41 Å². The number of Topliss-reactive ketones (excluding diaryl/α,β-unsaturated/α-hetero) is 1. The molecular weight excluding hydrogens is 550 g/mol. The molecule has 43 heavy (non-hydrogen) atoms. The van der Waals surface area contributed by atoms with Gasteiger partial charge in [-0.05, 0) is 47.5 Å². The van der Waals surface area contributed by atoms with Gasteiger partial charge in [-0.15, -0.1) is 11.3 Å². The molecule has 3 aromatic carbocycles. The van der Waals surface area contributed by atoms with E-state index >= 15 is 0 Å². The Morgan fingerprint density at radius 3 is 2.09 bits per heavy atom. The summed E-state index contributed by atoms with van der Waals surface area (Å²) >= 11 is 1.56. The van der Waals surface area contributed by atoms with E-state index in [0.29, 0.717) is 28.2 Å². The van der Waals surface area contributed by atoms with Gasteiger partial charge in [-0.2, -0.15) is 10.5 Å². The summed E-state index contributed by atoms with van der Waals surface area (Å²) in [7, 11) is 0. The summed E-state index contributed by atoms with van der Waals surface area (Å²) in [6.45, 7) is 4.30. The number of allylic oxidation sites excluding steroid dienone is 3. The van der Waals surface area contributed by atoms with Crippen LogP contribution >= 0.6 is 11.3 Å². The first-order valence-corrected chi connectivity index (χ1v) is 14.6. The molecule has 0 saturated carbocycles. The number of ketones is 1. The molecule has 0 atom stereocenters. The number of para-hydroxylation sites is 2. The Morgan fingerprint density at radius 1 is 0.860 bits per heavy atom. The standard InChI is InChI=1S/C36H23N5OS/c1-36(2)30-18-25(17-28-31(22(19-37)20-38)26-15-9-10-16-27(26)32(28)42)43-33(30)29-21-39-35(40-34(29)36)41(23-11-5-3-6-12-23)24-13-7-4-8-14-24/h3-18,21H,1-2H3/b28-17-. The van der Waals surface area contributed by atoms with E-state index in [9.17, 15) is 15.3 Å². The van der Waals surface area contributed by atoms with E-state index in [-0.39, 0.29) is 11.4 Å². The fourth-order valence-electron chi connectivity index (χ4n) is 5.92. The summed E-state index contributed by atoms with van der Waals surface area (Å²) in [5.41, 5.74) is 6.34. The van der Waals surface area contributed by atoms with E-state index in [1.165, 1.54) is 0 Å². The highest BCUT2D eigenvalue weighted by Crippen LogP contribution is 2.53. The van der Waals surface area contributed by atoms with Crippen LogP contribution in [-0.4, -0.2) is 15.8 Å². The highest BCUT2D eigenvalue weighted by molar-refractivity contribution is 7.16. The number of carbonyl (C=O) groups excluding carboxylic acids is 1. The largest absolute Gasteiger partial charge is 0.289 e. The number of anilines is 3. The molecule has 0 amide bonds. The molecule has 204 valence electrons. The lowest BCUT2D eigenvalue weighted by molar-refractivity contribution is 0.104. The minimum atomic E-state index is -0.416. The molecule has 0 bridgehead atoms. The molecule has 0 unspecified atom stereocenters. The molecule has 7 heteroatoms. The number of hydrogen-bond acceptors (Lipinski definition) is 7. The molecule has 0 aliphatic heterocycles. The van der Waals surface area contributed by atoms with Gasteiger partial charge in [-0.1, -0.05) is 74.5 Å². The highest BCUT2D eigenvalue weighted by Gasteiger charge is 2.40. The lowest BCUT2D eigenvalue weighted by atomic mass is 9.86. The summed E-state index contributed by atoms with van der Waals surface area (Å²) < 4.78 is 0. The van der Waals surface area contributed by atoms with E-state index in [2.05, 4.69) is 24.8 Å². The number of rotatable bonds is 4.